The number of thiazole rings is 1. The molecule has 0 spiro atoms. The second-order valence-corrected chi connectivity index (χ2v) is 7.10. The molecule has 3 aromatic rings. The van der Waals surface area contributed by atoms with E-state index in [0.29, 0.717) is 6.61 Å². The summed E-state index contributed by atoms with van der Waals surface area (Å²) in [5, 5.41) is 11.6. The van der Waals surface area contributed by atoms with Gasteiger partial charge in [0.15, 0.2) is 0 Å². The van der Waals surface area contributed by atoms with Crippen molar-refractivity contribution in [3.63, 3.8) is 0 Å². The Morgan fingerprint density at radius 2 is 2.35 bits per heavy atom. The molecule has 0 saturated carbocycles. The highest BCUT2D eigenvalue weighted by atomic mass is 32.1. The summed E-state index contributed by atoms with van der Waals surface area (Å²) in [5.41, 5.74) is 2.31. The minimum absolute atomic E-state index is 0.127. The number of rotatable bonds is 4. The maximum Gasteiger partial charge on any atom is 0.146 e. The molecular formula is C15H17N5OS2. The third kappa shape index (κ3) is 3.07. The highest BCUT2D eigenvalue weighted by Crippen LogP contribution is 2.28. The van der Waals surface area contributed by atoms with E-state index in [1.807, 2.05) is 11.7 Å². The Morgan fingerprint density at radius 3 is 3.13 bits per heavy atom. The van der Waals surface area contributed by atoms with Gasteiger partial charge in [-0.3, -0.25) is 9.58 Å². The van der Waals surface area contributed by atoms with Crippen LogP contribution in [0.25, 0.3) is 10.6 Å². The monoisotopic (exact) mass is 347 g/mol. The molecule has 1 atom stereocenters. The first-order valence-corrected chi connectivity index (χ1v) is 9.26. The van der Waals surface area contributed by atoms with Crippen LogP contribution in [0.5, 0.6) is 0 Å². The van der Waals surface area contributed by atoms with Crippen LogP contribution in [0, 0.1) is 0 Å². The van der Waals surface area contributed by atoms with Crippen LogP contribution in [-0.4, -0.2) is 44.4 Å². The number of ether oxygens (including phenoxy) is 1. The van der Waals surface area contributed by atoms with E-state index in [1.165, 1.54) is 5.56 Å². The molecule has 0 N–H and O–H groups in total. The zero-order chi connectivity index (χ0) is 15.6. The van der Waals surface area contributed by atoms with Crippen LogP contribution in [0.4, 0.5) is 0 Å². The van der Waals surface area contributed by atoms with Crippen molar-refractivity contribution >= 4 is 22.7 Å². The van der Waals surface area contributed by atoms with Gasteiger partial charge in [0.2, 0.25) is 0 Å². The molecule has 4 rings (SSSR count). The van der Waals surface area contributed by atoms with E-state index >= 15 is 0 Å². The molecule has 1 saturated heterocycles. The summed E-state index contributed by atoms with van der Waals surface area (Å²) in [4.78, 5) is 11.6. The van der Waals surface area contributed by atoms with E-state index in [0.717, 1.165) is 36.2 Å². The topological polar surface area (TPSA) is 56.1 Å². The minimum Gasteiger partial charge on any atom is -0.378 e. The van der Waals surface area contributed by atoms with Gasteiger partial charge in [0.1, 0.15) is 17.2 Å². The molecule has 0 amide bonds. The third-order valence-corrected chi connectivity index (χ3v) is 5.59. The molecule has 3 aromatic heterocycles. The molecule has 0 bridgehead atoms. The number of nitrogens with zero attached hydrogens (tertiary/aromatic N) is 5. The Labute approximate surface area is 142 Å². The first kappa shape index (κ1) is 14.9. The number of aryl methyl sites for hydroxylation is 1. The van der Waals surface area contributed by atoms with Crippen molar-refractivity contribution in [2.75, 3.05) is 19.8 Å². The summed E-state index contributed by atoms with van der Waals surface area (Å²) < 4.78 is 7.48. The van der Waals surface area contributed by atoms with Gasteiger partial charge in [-0.1, -0.05) is 0 Å². The zero-order valence-corrected chi connectivity index (χ0v) is 14.4. The quantitative estimate of drug-likeness (QED) is 0.726. The first-order chi connectivity index (χ1) is 11.3. The van der Waals surface area contributed by atoms with Gasteiger partial charge in [0.25, 0.3) is 0 Å². The molecule has 0 aromatic carbocycles. The van der Waals surface area contributed by atoms with Crippen LogP contribution in [-0.2, 0) is 18.3 Å². The zero-order valence-electron chi connectivity index (χ0n) is 12.8. The van der Waals surface area contributed by atoms with Crippen molar-refractivity contribution in [2.24, 2.45) is 7.05 Å². The van der Waals surface area contributed by atoms with Crippen LogP contribution in [0.2, 0.25) is 0 Å². The molecule has 1 unspecified atom stereocenters. The number of hydrogen-bond donors (Lipinski definition) is 0. The average Bonchev–Trinajstić information content (AvgIpc) is 3.29. The van der Waals surface area contributed by atoms with Gasteiger partial charge >= 0.3 is 0 Å². The Hall–Kier alpha value is -1.61. The predicted molar refractivity (Wildman–Crippen MR) is 90.4 cm³/mol. The summed E-state index contributed by atoms with van der Waals surface area (Å²) in [6.45, 7) is 3.08. The second-order valence-electron chi connectivity index (χ2n) is 5.46. The lowest BCUT2D eigenvalue weighted by atomic mass is 10.2. The van der Waals surface area contributed by atoms with Crippen LogP contribution >= 0.6 is 22.7 Å². The molecule has 8 heteroatoms. The van der Waals surface area contributed by atoms with Crippen LogP contribution in [0.3, 0.4) is 0 Å². The Morgan fingerprint density at radius 1 is 1.39 bits per heavy atom. The van der Waals surface area contributed by atoms with Crippen LogP contribution in [0.15, 0.2) is 28.5 Å². The van der Waals surface area contributed by atoms with E-state index in [9.17, 15) is 0 Å². The van der Waals surface area contributed by atoms with E-state index in [1.54, 1.807) is 29.0 Å². The summed E-state index contributed by atoms with van der Waals surface area (Å²) in [7, 11) is 1.92. The first-order valence-electron chi connectivity index (χ1n) is 7.44. The molecule has 0 aliphatic carbocycles. The van der Waals surface area contributed by atoms with Crippen LogP contribution < -0.4 is 0 Å². The molecule has 0 radical (unpaired) electrons. The summed E-state index contributed by atoms with van der Waals surface area (Å²) in [6.07, 6.45) is 1.60. The predicted octanol–water partition coefficient (Wildman–Crippen LogP) is 2.57. The largest absolute Gasteiger partial charge is 0.378 e. The Bertz CT molecular complexity index is 767. The Kier molecular flexibility index (Phi) is 4.21. The lowest BCUT2D eigenvalue weighted by molar-refractivity contribution is -0.0176. The number of hydrogen-bond acceptors (Lipinski definition) is 7. The van der Waals surface area contributed by atoms with Gasteiger partial charge in [-0.05, 0) is 11.4 Å². The maximum atomic E-state index is 5.65. The smallest absolute Gasteiger partial charge is 0.146 e. The van der Waals surface area contributed by atoms with Crippen molar-refractivity contribution < 1.29 is 4.74 Å². The fraction of sp³-hybridized carbons (Fsp3) is 0.400. The fourth-order valence-electron chi connectivity index (χ4n) is 2.78. The highest BCUT2D eigenvalue weighted by Gasteiger charge is 2.28. The van der Waals surface area contributed by atoms with Crippen molar-refractivity contribution in [1.82, 2.24) is 24.6 Å². The molecule has 23 heavy (non-hydrogen) atoms. The third-order valence-electron chi connectivity index (χ3n) is 3.97. The van der Waals surface area contributed by atoms with E-state index < -0.39 is 0 Å². The Balaban J connectivity index is 1.53. The van der Waals surface area contributed by atoms with Gasteiger partial charge < -0.3 is 4.74 Å². The minimum atomic E-state index is 0.127. The molecule has 1 aliphatic heterocycles. The SMILES string of the molecule is Cn1ncnc1C1COCCN1Cc1csc(-c2ccsc2)n1. The highest BCUT2D eigenvalue weighted by molar-refractivity contribution is 7.14. The maximum absolute atomic E-state index is 5.65. The lowest BCUT2D eigenvalue weighted by Crippen LogP contribution is -2.40. The van der Waals surface area contributed by atoms with E-state index in [4.69, 9.17) is 9.72 Å². The summed E-state index contributed by atoms with van der Waals surface area (Å²) in [5.74, 6) is 0.943. The normalized spacial score (nSPS) is 19.3. The lowest BCUT2D eigenvalue weighted by Gasteiger charge is -2.34. The van der Waals surface area contributed by atoms with E-state index in [-0.39, 0.29) is 6.04 Å². The molecule has 1 fully saturated rings. The summed E-state index contributed by atoms with van der Waals surface area (Å²) >= 11 is 3.40. The van der Waals surface area contributed by atoms with Crippen molar-refractivity contribution in [1.29, 1.82) is 0 Å². The number of aromatic nitrogens is 4. The van der Waals surface area contributed by atoms with Gasteiger partial charge in [0, 0.05) is 36.5 Å². The average molecular weight is 347 g/mol. The van der Waals surface area contributed by atoms with Gasteiger partial charge in [-0.2, -0.15) is 16.4 Å². The molecule has 6 nitrogen and oxygen atoms in total. The van der Waals surface area contributed by atoms with E-state index in [2.05, 4.69) is 37.2 Å². The second kappa shape index (κ2) is 6.48. The standard InChI is InChI=1S/C15H17N5OS2/c1-19-14(16-10-17-19)13-7-21-4-3-20(13)6-12-9-23-15(18-12)11-2-5-22-8-11/h2,5,8-10,13H,3-4,6-7H2,1H3. The molecular weight excluding hydrogens is 330 g/mol. The number of morpholine rings is 1. The van der Waals surface area contributed by atoms with Crippen molar-refractivity contribution in [3.8, 4) is 10.6 Å². The van der Waals surface area contributed by atoms with Gasteiger partial charge in [0.05, 0.1) is 24.9 Å². The molecule has 4 heterocycles. The summed E-state index contributed by atoms with van der Waals surface area (Å²) in [6, 6.07) is 2.24. The molecule has 120 valence electrons. The van der Waals surface area contributed by atoms with Crippen LogP contribution in [0.1, 0.15) is 17.6 Å². The number of thiophene rings is 1. The van der Waals surface area contributed by atoms with Crippen molar-refractivity contribution in [3.05, 3.63) is 40.1 Å². The fourth-order valence-corrected chi connectivity index (χ4v) is 4.30. The van der Waals surface area contributed by atoms with Gasteiger partial charge in [-0.25, -0.2) is 9.97 Å². The molecule has 1 aliphatic rings. The van der Waals surface area contributed by atoms with Crippen molar-refractivity contribution in [2.45, 2.75) is 12.6 Å². The van der Waals surface area contributed by atoms with Gasteiger partial charge in [-0.15, -0.1) is 11.3 Å².